The molecule has 222 valence electrons. The summed E-state index contributed by atoms with van der Waals surface area (Å²) in [5.41, 5.74) is 4.21. The molecule has 4 N–H and O–H groups in total. The summed E-state index contributed by atoms with van der Waals surface area (Å²) in [5, 5.41) is 11.6. The molecule has 1 aromatic heterocycles. The van der Waals surface area contributed by atoms with Gasteiger partial charge in [0.1, 0.15) is 0 Å². The molecular formula is C30H40F3N7O. The van der Waals surface area contributed by atoms with E-state index in [1.54, 1.807) is 41.3 Å². The molecule has 3 rings (SSSR count). The second-order valence-electron chi connectivity index (χ2n) is 10.9. The Bertz CT molecular complexity index is 1420. The fourth-order valence-electron chi connectivity index (χ4n) is 4.43. The van der Waals surface area contributed by atoms with Gasteiger partial charge in [0.15, 0.2) is 0 Å². The number of hydrogen-bond acceptors (Lipinski definition) is 6. The lowest BCUT2D eigenvalue weighted by Gasteiger charge is -2.23. The molecule has 2 aromatic carbocycles. The van der Waals surface area contributed by atoms with E-state index in [9.17, 15) is 18.0 Å². The Morgan fingerprint density at radius 1 is 1.15 bits per heavy atom. The van der Waals surface area contributed by atoms with E-state index in [4.69, 9.17) is 5.84 Å². The summed E-state index contributed by atoms with van der Waals surface area (Å²) >= 11 is 0. The van der Waals surface area contributed by atoms with E-state index in [1.807, 2.05) is 53.7 Å². The second-order valence-corrected chi connectivity index (χ2v) is 10.9. The number of carbonyl (C=O) groups is 1. The highest BCUT2D eigenvalue weighted by Crippen LogP contribution is 2.35. The Hall–Kier alpha value is -3.83. The number of amides is 1. The minimum atomic E-state index is -4.56. The zero-order chi connectivity index (χ0) is 30.6. The first-order valence-corrected chi connectivity index (χ1v) is 13.4. The van der Waals surface area contributed by atoms with Gasteiger partial charge < -0.3 is 15.5 Å². The number of halogens is 3. The summed E-state index contributed by atoms with van der Waals surface area (Å²) < 4.78 is 43.3. The Kier molecular flexibility index (Phi) is 9.88. The van der Waals surface area contributed by atoms with Crippen molar-refractivity contribution >= 4 is 23.0 Å². The van der Waals surface area contributed by atoms with Crippen LogP contribution in [0.25, 0.3) is 5.70 Å². The number of hydrogen-bond donors (Lipinski definition) is 3. The highest BCUT2D eigenvalue weighted by atomic mass is 19.4. The van der Waals surface area contributed by atoms with E-state index in [2.05, 4.69) is 15.7 Å². The predicted molar refractivity (Wildman–Crippen MR) is 158 cm³/mol. The molecular weight excluding hydrogens is 531 g/mol. The lowest BCUT2D eigenvalue weighted by atomic mass is 10.00. The van der Waals surface area contributed by atoms with Gasteiger partial charge in [-0.1, -0.05) is 19.9 Å². The van der Waals surface area contributed by atoms with Crippen molar-refractivity contribution in [2.45, 2.75) is 47.3 Å². The zero-order valence-electron chi connectivity index (χ0n) is 24.9. The first kappa shape index (κ1) is 31.7. The number of aryl methyl sites for hydroxylation is 2. The first-order valence-electron chi connectivity index (χ1n) is 13.4. The minimum absolute atomic E-state index is 0.0721. The van der Waals surface area contributed by atoms with E-state index < -0.39 is 17.6 Å². The molecule has 1 amide bonds. The quantitative estimate of drug-likeness (QED) is 0.217. The maximum atomic E-state index is 13.8. The van der Waals surface area contributed by atoms with Gasteiger partial charge in [-0.25, -0.2) is 5.84 Å². The molecule has 41 heavy (non-hydrogen) atoms. The van der Waals surface area contributed by atoms with Crippen LogP contribution in [0.15, 0.2) is 42.7 Å². The smallest absolute Gasteiger partial charge is 0.376 e. The number of nitrogens with two attached hydrogens (primary N) is 1. The lowest BCUT2D eigenvalue weighted by Crippen LogP contribution is -2.28. The van der Waals surface area contributed by atoms with E-state index >= 15 is 0 Å². The van der Waals surface area contributed by atoms with Crippen LogP contribution in [0.5, 0.6) is 0 Å². The summed E-state index contributed by atoms with van der Waals surface area (Å²) in [5.74, 6) is 6.26. The van der Waals surface area contributed by atoms with Crippen molar-refractivity contribution in [3.05, 3.63) is 81.8 Å². The molecule has 3 aromatic rings. The molecule has 0 spiro atoms. The Morgan fingerprint density at radius 2 is 1.83 bits per heavy atom. The third-order valence-corrected chi connectivity index (χ3v) is 6.95. The van der Waals surface area contributed by atoms with Gasteiger partial charge in [-0.3, -0.25) is 14.5 Å². The average Bonchev–Trinajstić information content (AvgIpc) is 3.20. The van der Waals surface area contributed by atoms with Crippen LogP contribution in [0, 0.1) is 26.7 Å². The third kappa shape index (κ3) is 7.68. The predicted octanol–water partition coefficient (Wildman–Crippen LogP) is 5.60. The number of hydrazine groups is 1. The minimum Gasteiger partial charge on any atom is -0.376 e. The maximum absolute atomic E-state index is 13.8. The van der Waals surface area contributed by atoms with E-state index in [-0.39, 0.29) is 23.4 Å². The van der Waals surface area contributed by atoms with Crippen LogP contribution in [0.2, 0.25) is 0 Å². The van der Waals surface area contributed by atoms with E-state index in [0.717, 1.165) is 28.6 Å². The van der Waals surface area contributed by atoms with Crippen molar-refractivity contribution in [1.82, 2.24) is 20.0 Å². The normalized spacial score (nSPS) is 12.2. The average molecular weight is 572 g/mol. The van der Waals surface area contributed by atoms with Crippen molar-refractivity contribution in [2.24, 2.45) is 18.8 Å². The van der Waals surface area contributed by atoms with Gasteiger partial charge >= 0.3 is 6.18 Å². The Balaban J connectivity index is 1.93. The topological polar surface area (TPSA) is 91.5 Å². The van der Waals surface area contributed by atoms with Crippen molar-refractivity contribution in [1.29, 1.82) is 0 Å². The molecule has 1 heterocycles. The summed E-state index contributed by atoms with van der Waals surface area (Å²) in [7, 11) is 5.65. The number of benzene rings is 2. The Morgan fingerprint density at radius 3 is 2.39 bits per heavy atom. The lowest BCUT2D eigenvalue weighted by molar-refractivity contribution is -0.138. The Labute approximate surface area is 240 Å². The maximum Gasteiger partial charge on any atom is 0.416 e. The number of anilines is 2. The molecule has 0 aliphatic carbocycles. The zero-order valence-corrected chi connectivity index (χ0v) is 24.9. The summed E-state index contributed by atoms with van der Waals surface area (Å²) in [4.78, 5) is 15.2. The fraction of sp³-hybridized carbons (Fsp3) is 0.400. The first-order chi connectivity index (χ1) is 19.1. The van der Waals surface area contributed by atoms with Crippen molar-refractivity contribution in [3.8, 4) is 0 Å². The molecule has 0 radical (unpaired) electrons. The highest BCUT2D eigenvalue weighted by molar-refractivity contribution is 6.05. The second kappa shape index (κ2) is 12.8. The van der Waals surface area contributed by atoms with Crippen LogP contribution in [-0.2, 0) is 19.8 Å². The molecule has 8 nitrogen and oxygen atoms in total. The molecule has 0 saturated heterocycles. The number of alkyl halides is 3. The SMILES string of the molecule is Cc1ccc(C(=O)Nc2cc(CNCC(C)C)c(C)c(C(F)(F)F)c2)cc1N(N)/C=C(/c1cnn(C)c1C)N(C)C. The monoisotopic (exact) mass is 571 g/mol. The number of aromatic nitrogens is 2. The number of rotatable bonds is 10. The number of nitrogens with zero attached hydrogens (tertiary/aromatic N) is 4. The summed E-state index contributed by atoms with van der Waals surface area (Å²) in [6, 6.07) is 7.55. The molecule has 0 unspecified atom stereocenters. The van der Waals surface area contributed by atoms with Gasteiger partial charge in [-0.05, 0) is 74.2 Å². The molecule has 0 atom stereocenters. The van der Waals surface area contributed by atoms with Crippen LogP contribution in [0.3, 0.4) is 0 Å². The van der Waals surface area contributed by atoms with Gasteiger partial charge in [-0.15, -0.1) is 0 Å². The van der Waals surface area contributed by atoms with Crippen LogP contribution in [0.4, 0.5) is 24.5 Å². The highest BCUT2D eigenvalue weighted by Gasteiger charge is 2.34. The standard InChI is InChI=1S/C30H40F3N7O/c1-18(2)14-35-15-23-11-24(13-26(20(23)4)30(31,32)33)37-29(41)22-10-9-19(3)27(12-22)40(34)17-28(38(6)7)25-16-36-39(8)21(25)5/h9-13,16-18,35H,14-15,34H2,1-8H3,(H,37,41)/b28-17-. The molecule has 11 heteroatoms. The van der Waals surface area contributed by atoms with Crippen LogP contribution in [-0.4, -0.2) is 41.2 Å². The summed E-state index contributed by atoms with van der Waals surface area (Å²) in [6.45, 7) is 10.2. The van der Waals surface area contributed by atoms with Gasteiger partial charge in [-0.2, -0.15) is 18.3 Å². The molecule has 0 aliphatic heterocycles. The molecule has 0 aliphatic rings. The molecule has 0 fully saturated rings. The van der Waals surface area contributed by atoms with E-state index in [0.29, 0.717) is 23.7 Å². The van der Waals surface area contributed by atoms with Gasteiger partial charge in [0.25, 0.3) is 5.91 Å². The largest absolute Gasteiger partial charge is 0.416 e. The van der Waals surface area contributed by atoms with Crippen molar-refractivity contribution in [3.63, 3.8) is 0 Å². The van der Waals surface area contributed by atoms with Crippen molar-refractivity contribution in [2.75, 3.05) is 31.0 Å². The van der Waals surface area contributed by atoms with Crippen LogP contribution >= 0.6 is 0 Å². The van der Waals surface area contributed by atoms with Crippen molar-refractivity contribution < 1.29 is 18.0 Å². The van der Waals surface area contributed by atoms with Crippen LogP contribution < -0.4 is 21.5 Å². The number of nitrogens with one attached hydrogen (secondary N) is 2. The summed E-state index contributed by atoms with van der Waals surface area (Å²) in [6.07, 6.45) is -1.05. The van der Waals surface area contributed by atoms with Gasteiger partial charge in [0.2, 0.25) is 0 Å². The third-order valence-electron chi connectivity index (χ3n) is 6.95. The molecule has 0 saturated carbocycles. The van der Waals surface area contributed by atoms with Crippen LogP contribution in [0.1, 0.15) is 57.7 Å². The molecule has 0 bridgehead atoms. The number of carbonyl (C=O) groups excluding carboxylic acids is 1. The van der Waals surface area contributed by atoms with Gasteiger partial charge in [0, 0.05) is 56.4 Å². The fourth-order valence-corrected chi connectivity index (χ4v) is 4.43. The van der Waals surface area contributed by atoms with E-state index in [1.165, 1.54) is 11.9 Å². The van der Waals surface area contributed by atoms with Gasteiger partial charge in [0.05, 0.1) is 23.1 Å².